The Labute approximate surface area is 80.3 Å². The van der Waals surface area contributed by atoms with E-state index in [1.807, 2.05) is 30.4 Å². The van der Waals surface area contributed by atoms with Crippen LogP contribution in [0.25, 0.3) is 6.08 Å². The van der Waals surface area contributed by atoms with Gasteiger partial charge in [0.15, 0.2) is 0 Å². The van der Waals surface area contributed by atoms with Gasteiger partial charge in [-0.1, -0.05) is 23.7 Å². The molecule has 2 rings (SSSR count). The van der Waals surface area contributed by atoms with Gasteiger partial charge in [0.05, 0.1) is 0 Å². The predicted octanol–water partition coefficient (Wildman–Crippen LogP) is 3.44. The molecule has 60 valence electrons. The summed E-state index contributed by atoms with van der Waals surface area (Å²) in [5.41, 5.74) is 1.17. The number of nitrogens with zero attached hydrogens (tertiary/aromatic N) is 1. The van der Waals surface area contributed by atoms with E-state index in [-0.39, 0.29) is 0 Å². The monoisotopic (exact) mass is 195 g/mol. The van der Waals surface area contributed by atoms with Crippen molar-refractivity contribution in [1.82, 2.24) is 0 Å². The molecule has 0 aliphatic carbocycles. The number of halogens is 1. The van der Waals surface area contributed by atoms with E-state index in [2.05, 4.69) is 4.40 Å². The molecule has 3 heteroatoms. The van der Waals surface area contributed by atoms with Gasteiger partial charge < -0.3 is 0 Å². The summed E-state index contributed by atoms with van der Waals surface area (Å²) in [7, 11) is 0. The fourth-order valence-corrected chi connectivity index (χ4v) is 1.90. The summed E-state index contributed by atoms with van der Waals surface area (Å²) in [6.07, 6.45) is 5.72. The average molecular weight is 196 g/mol. The van der Waals surface area contributed by atoms with E-state index in [0.29, 0.717) is 0 Å². The Hall–Kier alpha value is -0.730. The molecule has 12 heavy (non-hydrogen) atoms. The number of hydrogen-bond donors (Lipinski definition) is 0. The van der Waals surface area contributed by atoms with Crippen molar-refractivity contribution < 1.29 is 0 Å². The maximum Gasteiger partial charge on any atom is 0.0418 e. The second-order valence-corrected chi connectivity index (χ2v) is 3.66. The highest BCUT2D eigenvalue weighted by Gasteiger charge is 2.02. The first-order valence-corrected chi connectivity index (χ1v) is 4.68. The minimum atomic E-state index is 0.756. The second-order valence-electron chi connectivity index (χ2n) is 2.39. The highest BCUT2D eigenvalue weighted by molar-refractivity contribution is 7.98. The SMILES string of the molecule is Clc1ccc2c(c1)SN=CC=C2. The van der Waals surface area contributed by atoms with Crippen LogP contribution in [-0.4, -0.2) is 6.21 Å². The first-order valence-electron chi connectivity index (χ1n) is 3.53. The van der Waals surface area contributed by atoms with Crippen molar-refractivity contribution in [1.29, 1.82) is 0 Å². The zero-order valence-electron chi connectivity index (χ0n) is 6.20. The molecule has 1 aliphatic heterocycles. The number of hydrogen-bond acceptors (Lipinski definition) is 2. The maximum atomic E-state index is 5.84. The molecule has 0 unspecified atom stereocenters. The Morgan fingerprint density at radius 2 is 2.25 bits per heavy atom. The second kappa shape index (κ2) is 3.33. The van der Waals surface area contributed by atoms with Crippen LogP contribution in [0.1, 0.15) is 5.56 Å². The van der Waals surface area contributed by atoms with Gasteiger partial charge in [0.25, 0.3) is 0 Å². The average Bonchev–Trinajstić information content (AvgIpc) is 2.28. The molecule has 0 amide bonds. The third-order valence-electron chi connectivity index (χ3n) is 1.55. The van der Waals surface area contributed by atoms with Crippen LogP contribution in [0.15, 0.2) is 33.6 Å². The minimum Gasteiger partial charge on any atom is -0.219 e. The lowest BCUT2D eigenvalue weighted by Gasteiger charge is -2.00. The molecule has 1 nitrogen and oxygen atoms in total. The lowest BCUT2D eigenvalue weighted by atomic mass is 10.2. The standard InChI is InChI=1S/C9H6ClNS/c10-8-4-3-7-2-1-5-11-12-9(7)6-8/h1-6H. The summed E-state index contributed by atoms with van der Waals surface area (Å²) in [6.45, 7) is 0. The molecule has 1 aliphatic rings. The highest BCUT2D eigenvalue weighted by Crippen LogP contribution is 2.28. The topological polar surface area (TPSA) is 12.4 Å². The molecule has 0 spiro atoms. The van der Waals surface area contributed by atoms with E-state index in [1.165, 1.54) is 17.5 Å². The van der Waals surface area contributed by atoms with Crippen molar-refractivity contribution >= 4 is 35.8 Å². The molecule has 0 atom stereocenters. The van der Waals surface area contributed by atoms with E-state index in [1.54, 1.807) is 6.21 Å². The van der Waals surface area contributed by atoms with Gasteiger partial charge >= 0.3 is 0 Å². The van der Waals surface area contributed by atoms with Crippen LogP contribution in [0.3, 0.4) is 0 Å². The highest BCUT2D eigenvalue weighted by atomic mass is 35.5. The summed E-state index contributed by atoms with van der Waals surface area (Å²) in [5.74, 6) is 0. The third kappa shape index (κ3) is 1.54. The van der Waals surface area contributed by atoms with Crippen molar-refractivity contribution in [2.24, 2.45) is 4.40 Å². The summed E-state index contributed by atoms with van der Waals surface area (Å²) in [5, 5.41) is 0.756. The van der Waals surface area contributed by atoms with E-state index in [0.717, 1.165) is 9.92 Å². The third-order valence-corrected chi connectivity index (χ3v) is 2.56. The van der Waals surface area contributed by atoms with E-state index in [4.69, 9.17) is 11.6 Å². The number of rotatable bonds is 0. The van der Waals surface area contributed by atoms with Gasteiger partial charge in [-0.05, 0) is 23.8 Å². The Balaban J connectivity index is 2.53. The molecule has 0 saturated carbocycles. The van der Waals surface area contributed by atoms with Crippen LogP contribution in [-0.2, 0) is 0 Å². The lowest BCUT2D eigenvalue weighted by molar-refractivity contribution is 1.43. The number of fused-ring (bicyclic) bond motifs is 1. The number of benzene rings is 1. The van der Waals surface area contributed by atoms with Gasteiger partial charge in [0.2, 0.25) is 0 Å². The van der Waals surface area contributed by atoms with E-state index in [9.17, 15) is 0 Å². The summed E-state index contributed by atoms with van der Waals surface area (Å²) < 4.78 is 4.10. The van der Waals surface area contributed by atoms with Crippen LogP contribution >= 0.6 is 23.5 Å². The molecule has 0 saturated heterocycles. The van der Waals surface area contributed by atoms with E-state index >= 15 is 0 Å². The molecular weight excluding hydrogens is 190 g/mol. The van der Waals surface area contributed by atoms with Gasteiger partial charge in [0.1, 0.15) is 0 Å². The Kier molecular flexibility index (Phi) is 2.19. The van der Waals surface area contributed by atoms with E-state index < -0.39 is 0 Å². The zero-order chi connectivity index (χ0) is 8.39. The van der Waals surface area contributed by atoms with Gasteiger partial charge in [-0.25, -0.2) is 4.40 Å². The Morgan fingerprint density at radius 3 is 3.17 bits per heavy atom. The van der Waals surface area contributed by atoms with Gasteiger partial charge in [-0.15, -0.1) is 0 Å². The fraction of sp³-hybridized carbons (Fsp3) is 0. The molecular formula is C9H6ClNS. The van der Waals surface area contributed by atoms with Crippen LogP contribution in [0.2, 0.25) is 5.02 Å². The van der Waals surface area contributed by atoms with Gasteiger partial charge in [-0.2, -0.15) is 0 Å². The molecule has 0 N–H and O–H groups in total. The van der Waals surface area contributed by atoms with Crippen molar-refractivity contribution in [3.8, 4) is 0 Å². The quantitative estimate of drug-likeness (QED) is 0.578. The first kappa shape index (κ1) is 7.90. The zero-order valence-corrected chi connectivity index (χ0v) is 7.77. The summed E-state index contributed by atoms with van der Waals surface area (Å²) in [6, 6.07) is 5.81. The molecule has 1 aromatic rings. The molecule has 0 aromatic heterocycles. The predicted molar refractivity (Wildman–Crippen MR) is 54.8 cm³/mol. The van der Waals surface area contributed by atoms with Crippen molar-refractivity contribution in [3.63, 3.8) is 0 Å². The maximum absolute atomic E-state index is 5.84. The van der Waals surface area contributed by atoms with Crippen molar-refractivity contribution in [3.05, 3.63) is 34.9 Å². The van der Waals surface area contributed by atoms with Crippen molar-refractivity contribution in [2.75, 3.05) is 0 Å². The van der Waals surface area contributed by atoms with Gasteiger partial charge in [-0.3, -0.25) is 0 Å². The largest absolute Gasteiger partial charge is 0.219 e. The van der Waals surface area contributed by atoms with Crippen LogP contribution < -0.4 is 0 Å². The first-order chi connectivity index (χ1) is 5.86. The summed E-state index contributed by atoms with van der Waals surface area (Å²) in [4.78, 5) is 1.10. The van der Waals surface area contributed by atoms with Crippen molar-refractivity contribution in [2.45, 2.75) is 4.90 Å². The summed E-state index contributed by atoms with van der Waals surface area (Å²) >= 11 is 7.29. The normalized spacial score (nSPS) is 14.1. The smallest absolute Gasteiger partial charge is 0.0418 e. The molecule has 0 radical (unpaired) electrons. The number of allylic oxidation sites excluding steroid dienone is 1. The minimum absolute atomic E-state index is 0.756. The molecule has 0 fully saturated rings. The van der Waals surface area contributed by atoms with Crippen LogP contribution in [0.5, 0.6) is 0 Å². The van der Waals surface area contributed by atoms with Crippen LogP contribution in [0, 0.1) is 0 Å². The fourth-order valence-electron chi connectivity index (χ4n) is 0.994. The van der Waals surface area contributed by atoms with Gasteiger partial charge in [0, 0.05) is 28.1 Å². The molecule has 1 heterocycles. The Bertz CT molecular complexity index is 358. The molecule has 0 bridgehead atoms. The molecule has 1 aromatic carbocycles. The Morgan fingerprint density at radius 1 is 1.33 bits per heavy atom. The lowest BCUT2D eigenvalue weighted by Crippen LogP contribution is -1.76. The van der Waals surface area contributed by atoms with Crippen LogP contribution in [0.4, 0.5) is 0 Å².